The summed E-state index contributed by atoms with van der Waals surface area (Å²) in [7, 11) is 3.80. The Hall–Kier alpha value is -1.33. The van der Waals surface area contributed by atoms with Crippen LogP contribution in [0.25, 0.3) is 0 Å². The second kappa shape index (κ2) is 9.84. The highest BCUT2D eigenvalue weighted by atomic mass is 35.5. The Morgan fingerprint density at radius 3 is 2.83 bits per heavy atom. The molecule has 4 nitrogen and oxygen atoms in total. The van der Waals surface area contributed by atoms with Crippen LogP contribution in [0.5, 0.6) is 0 Å². The number of halogens is 2. The van der Waals surface area contributed by atoms with E-state index in [1.807, 2.05) is 7.05 Å². The van der Waals surface area contributed by atoms with E-state index in [1.165, 1.54) is 6.07 Å². The summed E-state index contributed by atoms with van der Waals surface area (Å²) in [4.78, 5) is 6.43. The normalized spacial score (nSPS) is 16.2. The maximum Gasteiger partial charge on any atom is 0.193 e. The molecule has 1 aromatic rings. The molecule has 6 heteroatoms. The van der Waals surface area contributed by atoms with Crippen LogP contribution in [0.2, 0.25) is 5.02 Å². The van der Waals surface area contributed by atoms with E-state index in [1.54, 1.807) is 19.2 Å². The van der Waals surface area contributed by atoms with Gasteiger partial charge in [-0.3, -0.25) is 4.99 Å². The van der Waals surface area contributed by atoms with Gasteiger partial charge in [0, 0.05) is 51.0 Å². The third kappa shape index (κ3) is 5.64. The van der Waals surface area contributed by atoms with Crippen LogP contribution in [-0.4, -0.2) is 51.3 Å². The van der Waals surface area contributed by atoms with E-state index >= 15 is 0 Å². The number of hydrogen-bond donors (Lipinski definition) is 1. The van der Waals surface area contributed by atoms with E-state index < -0.39 is 0 Å². The molecule has 0 spiro atoms. The number of guanidine groups is 1. The smallest absolute Gasteiger partial charge is 0.193 e. The maximum atomic E-state index is 13.8. The zero-order valence-electron chi connectivity index (χ0n) is 14.5. The van der Waals surface area contributed by atoms with Gasteiger partial charge in [0.05, 0.1) is 0 Å². The van der Waals surface area contributed by atoms with Gasteiger partial charge in [-0.05, 0) is 43.7 Å². The molecule has 2 rings (SSSR count). The van der Waals surface area contributed by atoms with E-state index in [-0.39, 0.29) is 5.82 Å². The van der Waals surface area contributed by atoms with Gasteiger partial charge in [-0.15, -0.1) is 0 Å². The lowest BCUT2D eigenvalue weighted by Crippen LogP contribution is -2.41. The van der Waals surface area contributed by atoms with E-state index in [2.05, 4.69) is 15.2 Å². The fourth-order valence-electron chi connectivity index (χ4n) is 2.97. The summed E-state index contributed by atoms with van der Waals surface area (Å²) in [5.74, 6) is 1.30. The topological polar surface area (TPSA) is 36.9 Å². The second-order valence-corrected chi connectivity index (χ2v) is 6.60. The van der Waals surface area contributed by atoms with Crippen LogP contribution in [0.1, 0.15) is 24.8 Å². The molecule has 1 aliphatic rings. The Kier molecular flexibility index (Phi) is 7.79. The minimum Gasteiger partial charge on any atom is -0.381 e. The summed E-state index contributed by atoms with van der Waals surface area (Å²) in [6.45, 7) is 3.30. The minimum absolute atomic E-state index is 0.257. The zero-order valence-corrected chi connectivity index (χ0v) is 15.3. The van der Waals surface area contributed by atoms with Crippen molar-refractivity contribution in [1.29, 1.82) is 0 Å². The number of nitrogens with zero attached hydrogens (tertiary/aromatic N) is 2. The number of aliphatic imine (C=N–C) groups is 1. The third-order valence-electron chi connectivity index (χ3n) is 4.51. The first-order chi connectivity index (χ1) is 11.6. The molecule has 1 saturated heterocycles. The van der Waals surface area contributed by atoms with Gasteiger partial charge in [-0.1, -0.05) is 17.7 Å². The number of nitrogens with one attached hydrogen (secondary N) is 1. The summed E-state index contributed by atoms with van der Waals surface area (Å²) < 4.78 is 19.2. The summed E-state index contributed by atoms with van der Waals surface area (Å²) in [5, 5.41) is 3.76. The highest BCUT2D eigenvalue weighted by molar-refractivity contribution is 6.31. The molecule has 0 amide bonds. The molecule has 1 aliphatic heterocycles. The number of hydrogen-bond acceptors (Lipinski definition) is 2. The predicted octanol–water partition coefficient (Wildman–Crippen LogP) is 3.35. The Morgan fingerprint density at radius 2 is 2.17 bits per heavy atom. The first-order valence-electron chi connectivity index (χ1n) is 8.54. The molecule has 0 aliphatic carbocycles. The van der Waals surface area contributed by atoms with Gasteiger partial charge in [-0.2, -0.15) is 0 Å². The number of benzene rings is 1. The fourth-order valence-corrected chi connectivity index (χ4v) is 3.23. The van der Waals surface area contributed by atoms with Crippen LogP contribution in [0.15, 0.2) is 23.2 Å². The van der Waals surface area contributed by atoms with Crippen LogP contribution in [0.3, 0.4) is 0 Å². The Labute approximate surface area is 149 Å². The Bertz CT molecular complexity index is 527. The quantitative estimate of drug-likeness (QED) is 0.628. The van der Waals surface area contributed by atoms with Crippen molar-refractivity contribution in [2.24, 2.45) is 10.9 Å². The SMILES string of the molecule is CN=C(NCCc1c(F)cccc1Cl)N(C)CCC1CCOCC1. The van der Waals surface area contributed by atoms with Crippen molar-refractivity contribution in [3.05, 3.63) is 34.6 Å². The largest absolute Gasteiger partial charge is 0.381 e. The molecule has 0 radical (unpaired) electrons. The third-order valence-corrected chi connectivity index (χ3v) is 4.86. The van der Waals surface area contributed by atoms with Crippen molar-refractivity contribution in [3.8, 4) is 0 Å². The average molecular weight is 356 g/mol. The minimum atomic E-state index is -0.257. The molecule has 1 aromatic carbocycles. The summed E-state index contributed by atoms with van der Waals surface area (Å²) >= 11 is 6.06. The maximum absolute atomic E-state index is 13.8. The lowest BCUT2D eigenvalue weighted by Gasteiger charge is -2.26. The zero-order chi connectivity index (χ0) is 17.4. The fraction of sp³-hybridized carbons (Fsp3) is 0.611. The average Bonchev–Trinajstić information content (AvgIpc) is 2.60. The van der Waals surface area contributed by atoms with E-state index in [0.29, 0.717) is 23.6 Å². The molecule has 0 bridgehead atoms. The number of rotatable bonds is 6. The van der Waals surface area contributed by atoms with Crippen LogP contribution in [-0.2, 0) is 11.2 Å². The highest BCUT2D eigenvalue weighted by Crippen LogP contribution is 2.19. The van der Waals surface area contributed by atoms with Gasteiger partial charge in [0.1, 0.15) is 5.82 Å². The van der Waals surface area contributed by atoms with E-state index in [4.69, 9.17) is 16.3 Å². The van der Waals surface area contributed by atoms with Crippen LogP contribution in [0, 0.1) is 11.7 Å². The molecule has 1 N–H and O–H groups in total. The monoisotopic (exact) mass is 355 g/mol. The van der Waals surface area contributed by atoms with Crippen molar-refractivity contribution < 1.29 is 9.13 Å². The predicted molar refractivity (Wildman–Crippen MR) is 97.3 cm³/mol. The van der Waals surface area contributed by atoms with Gasteiger partial charge in [0.2, 0.25) is 0 Å². The van der Waals surface area contributed by atoms with Crippen molar-refractivity contribution >= 4 is 17.6 Å². The Balaban J connectivity index is 1.76. The molecule has 0 saturated carbocycles. The van der Waals surface area contributed by atoms with Gasteiger partial charge in [0.15, 0.2) is 5.96 Å². The molecule has 0 aromatic heterocycles. The van der Waals surface area contributed by atoms with Crippen LogP contribution < -0.4 is 5.32 Å². The lowest BCUT2D eigenvalue weighted by atomic mass is 9.96. The standard InChI is InChI=1S/C18H27ClFN3O/c1-21-18(23(2)11-7-14-8-12-24-13-9-14)22-10-6-15-16(19)4-3-5-17(15)20/h3-5,14H,6-13H2,1-2H3,(H,21,22). The van der Waals surface area contributed by atoms with Gasteiger partial charge >= 0.3 is 0 Å². The van der Waals surface area contributed by atoms with E-state index in [9.17, 15) is 4.39 Å². The summed E-state index contributed by atoms with van der Waals surface area (Å²) in [6, 6.07) is 4.78. The molecule has 134 valence electrons. The van der Waals surface area contributed by atoms with Gasteiger partial charge < -0.3 is 15.0 Å². The van der Waals surface area contributed by atoms with Crippen molar-refractivity contribution in [3.63, 3.8) is 0 Å². The first kappa shape index (κ1) is 19.0. The molecule has 0 atom stereocenters. The van der Waals surface area contributed by atoms with Crippen molar-refractivity contribution in [2.45, 2.75) is 25.7 Å². The lowest BCUT2D eigenvalue weighted by molar-refractivity contribution is 0.0625. The second-order valence-electron chi connectivity index (χ2n) is 6.19. The van der Waals surface area contributed by atoms with Crippen LogP contribution in [0.4, 0.5) is 4.39 Å². The van der Waals surface area contributed by atoms with E-state index in [0.717, 1.165) is 50.9 Å². The molecule has 1 heterocycles. The van der Waals surface area contributed by atoms with Gasteiger partial charge in [0.25, 0.3) is 0 Å². The summed E-state index contributed by atoms with van der Waals surface area (Å²) in [6.07, 6.45) is 3.95. The Morgan fingerprint density at radius 1 is 1.42 bits per heavy atom. The van der Waals surface area contributed by atoms with Crippen LogP contribution >= 0.6 is 11.6 Å². The first-order valence-corrected chi connectivity index (χ1v) is 8.92. The van der Waals surface area contributed by atoms with Crippen molar-refractivity contribution in [1.82, 2.24) is 10.2 Å². The molecule has 1 fully saturated rings. The molecule has 24 heavy (non-hydrogen) atoms. The molecule has 0 unspecified atom stereocenters. The van der Waals surface area contributed by atoms with Gasteiger partial charge in [-0.25, -0.2) is 4.39 Å². The summed E-state index contributed by atoms with van der Waals surface area (Å²) in [5.41, 5.74) is 0.548. The molecular weight excluding hydrogens is 329 g/mol. The molecular formula is C18H27ClFN3O. The van der Waals surface area contributed by atoms with Crippen molar-refractivity contribution in [2.75, 3.05) is 40.4 Å². The number of ether oxygens (including phenoxy) is 1. The highest BCUT2D eigenvalue weighted by Gasteiger charge is 2.15.